The average Bonchev–Trinajstić information content (AvgIpc) is 2.72. The normalized spacial score (nSPS) is 18.4. The first-order valence-corrected chi connectivity index (χ1v) is 7.94. The van der Waals surface area contributed by atoms with Crippen LogP contribution in [0.1, 0.15) is 71.5 Å². The van der Waals surface area contributed by atoms with Gasteiger partial charge < -0.3 is 5.11 Å². The Morgan fingerprint density at radius 1 is 0.944 bits per heavy atom. The molecule has 1 heterocycles. The molecule has 2 nitrogen and oxygen atoms in total. The number of rotatable bonds is 1. The molecule has 1 aromatic rings. The summed E-state index contributed by atoms with van der Waals surface area (Å²) in [4.78, 5) is 12.9. The van der Waals surface area contributed by atoms with E-state index >= 15 is 0 Å². The van der Waals surface area contributed by atoms with Crippen LogP contribution < -0.4 is 0 Å². The first kappa shape index (κ1) is 13.6. The number of aromatic carboxylic acids is 1. The predicted octanol–water partition coefficient (Wildman–Crippen LogP) is 4.67. The van der Waals surface area contributed by atoms with Crippen molar-refractivity contribution in [3.8, 4) is 0 Å². The van der Waals surface area contributed by atoms with Gasteiger partial charge in [-0.2, -0.15) is 0 Å². The van der Waals surface area contributed by atoms with E-state index in [1.807, 2.05) is 6.07 Å². The van der Waals surface area contributed by atoms with Gasteiger partial charge in [-0.15, -0.1) is 11.3 Å². The van der Waals surface area contributed by atoms with Gasteiger partial charge in [-0.3, -0.25) is 0 Å². The largest absolute Gasteiger partial charge is 0.477 e. The van der Waals surface area contributed by atoms with Crippen molar-refractivity contribution in [1.29, 1.82) is 0 Å². The number of fused-ring (bicyclic) bond motifs is 1. The van der Waals surface area contributed by atoms with Crippen LogP contribution in [-0.2, 0) is 12.8 Å². The van der Waals surface area contributed by atoms with E-state index < -0.39 is 5.97 Å². The molecule has 1 N–H and O–H groups in total. The molecule has 0 aromatic carbocycles. The zero-order chi connectivity index (χ0) is 12.8. The summed E-state index contributed by atoms with van der Waals surface area (Å²) in [7, 11) is 0. The Morgan fingerprint density at radius 3 is 2.11 bits per heavy atom. The van der Waals surface area contributed by atoms with Gasteiger partial charge in [0.2, 0.25) is 0 Å². The highest BCUT2D eigenvalue weighted by Crippen LogP contribution is 2.27. The highest BCUT2D eigenvalue weighted by Gasteiger charge is 2.13. The van der Waals surface area contributed by atoms with Crippen molar-refractivity contribution in [2.75, 3.05) is 0 Å². The molecule has 1 aliphatic rings. The van der Waals surface area contributed by atoms with Crippen LogP contribution in [0.2, 0.25) is 0 Å². The number of hydrogen-bond acceptors (Lipinski definition) is 2. The van der Waals surface area contributed by atoms with Crippen LogP contribution in [0.15, 0.2) is 6.07 Å². The molecule has 18 heavy (non-hydrogen) atoms. The minimum absolute atomic E-state index is 0.523. The SMILES string of the molecule is O=C(O)c1cc2c(s1)CCCCCCCCCC2. The molecule has 0 saturated heterocycles. The van der Waals surface area contributed by atoms with Gasteiger partial charge >= 0.3 is 5.97 Å². The van der Waals surface area contributed by atoms with Crippen molar-refractivity contribution in [2.45, 2.75) is 64.2 Å². The molecule has 0 spiro atoms. The maximum absolute atomic E-state index is 11.0. The zero-order valence-electron chi connectivity index (χ0n) is 10.9. The van der Waals surface area contributed by atoms with E-state index in [0.29, 0.717) is 4.88 Å². The van der Waals surface area contributed by atoms with E-state index in [-0.39, 0.29) is 0 Å². The molecule has 1 aliphatic carbocycles. The second kappa shape index (κ2) is 6.93. The minimum Gasteiger partial charge on any atom is -0.477 e. The van der Waals surface area contributed by atoms with Gasteiger partial charge in [-0.05, 0) is 37.3 Å². The number of aryl methyl sites for hydroxylation is 2. The van der Waals surface area contributed by atoms with E-state index in [1.54, 1.807) is 0 Å². The first-order valence-electron chi connectivity index (χ1n) is 7.12. The Bertz CT molecular complexity index is 366. The summed E-state index contributed by atoms with van der Waals surface area (Å²) in [6, 6.07) is 1.91. The molecule has 0 fully saturated rings. The van der Waals surface area contributed by atoms with Crippen LogP contribution >= 0.6 is 11.3 Å². The molecule has 0 bridgehead atoms. The fourth-order valence-corrected chi connectivity index (χ4v) is 3.75. The molecule has 0 radical (unpaired) electrons. The third-order valence-corrected chi connectivity index (χ3v) is 4.93. The zero-order valence-corrected chi connectivity index (χ0v) is 11.7. The smallest absolute Gasteiger partial charge is 0.345 e. The lowest BCUT2D eigenvalue weighted by atomic mass is 10.0. The van der Waals surface area contributed by atoms with E-state index in [2.05, 4.69) is 0 Å². The topological polar surface area (TPSA) is 37.3 Å². The van der Waals surface area contributed by atoms with Crippen molar-refractivity contribution in [2.24, 2.45) is 0 Å². The second-order valence-corrected chi connectivity index (χ2v) is 6.33. The summed E-state index contributed by atoms with van der Waals surface area (Å²) in [6.07, 6.45) is 12.6. The molecule has 0 saturated carbocycles. The molecule has 0 aliphatic heterocycles. The third-order valence-electron chi connectivity index (χ3n) is 3.71. The summed E-state index contributed by atoms with van der Waals surface area (Å²) < 4.78 is 0. The number of carboxylic acid groups (broad SMARTS) is 1. The van der Waals surface area contributed by atoms with Crippen molar-refractivity contribution >= 4 is 17.3 Å². The molecule has 3 heteroatoms. The summed E-state index contributed by atoms with van der Waals surface area (Å²) in [5.41, 5.74) is 1.30. The highest BCUT2D eigenvalue weighted by atomic mass is 32.1. The van der Waals surface area contributed by atoms with Gasteiger partial charge in [0.05, 0.1) is 0 Å². The van der Waals surface area contributed by atoms with Gasteiger partial charge in [0.1, 0.15) is 4.88 Å². The Hall–Kier alpha value is -0.830. The fraction of sp³-hybridized carbons (Fsp3) is 0.667. The number of thiophene rings is 1. The van der Waals surface area contributed by atoms with Crippen LogP contribution in [-0.4, -0.2) is 11.1 Å². The molecular formula is C15H22O2S. The molecule has 2 rings (SSSR count). The molecule has 100 valence electrons. The highest BCUT2D eigenvalue weighted by molar-refractivity contribution is 7.14. The summed E-state index contributed by atoms with van der Waals surface area (Å²) in [5, 5.41) is 9.09. The van der Waals surface area contributed by atoms with Crippen molar-refractivity contribution in [3.63, 3.8) is 0 Å². The van der Waals surface area contributed by atoms with Crippen molar-refractivity contribution in [3.05, 3.63) is 21.4 Å². The Morgan fingerprint density at radius 2 is 1.50 bits per heavy atom. The standard InChI is InChI=1S/C15H22O2S/c16-15(17)14-11-12-9-7-5-3-1-2-4-6-8-10-13(12)18-14/h11H,1-10H2,(H,16,17). The second-order valence-electron chi connectivity index (χ2n) is 5.19. The molecule has 0 amide bonds. The van der Waals surface area contributed by atoms with Gasteiger partial charge in [0.25, 0.3) is 0 Å². The minimum atomic E-state index is -0.767. The van der Waals surface area contributed by atoms with E-state index in [0.717, 1.165) is 12.8 Å². The third kappa shape index (κ3) is 3.84. The quantitative estimate of drug-likeness (QED) is 0.802. The van der Waals surface area contributed by atoms with Gasteiger partial charge in [-0.25, -0.2) is 4.79 Å². The predicted molar refractivity (Wildman–Crippen MR) is 75.6 cm³/mol. The van der Waals surface area contributed by atoms with Crippen LogP contribution in [0.5, 0.6) is 0 Å². The average molecular weight is 266 g/mol. The van der Waals surface area contributed by atoms with E-state index in [9.17, 15) is 4.79 Å². The van der Waals surface area contributed by atoms with Crippen LogP contribution in [0.25, 0.3) is 0 Å². The molecule has 0 unspecified atom stereocenters. The Kier molecular flexibility index (Phi) is 5.24. The number of hydrogen-bond donors (Lipinski definition) is 1. The maximum Gasteiger partial charge on any atom is 0.345 e. The Labute approximate surface area is 113 Å². The maximum atomic E-state index is 11.0. The molecule has 1 aromatic heterocycles. The lowest BCUT2D eigenvalue weighted by molar-refractivity contribution is 0.0702. The number of carboxylic acids is 1. The molecule has 0 atom stereocenters. The number of carbonyl (C=O) groups is 1. The monoisotopic (exact) mass is 266 g/mol. The van der Waals surface area contributed by atoms with Gasteiger partial charge in [0.15, 0.2) is 0 Å². The summed E-state index contributed by atoms with van der Waals surface area (Å²) in [6.45, 7) is 0. The van der Waals surface area contributed by atoms with Crippen molar-refractivity contribution < 1.29 is 9.90 Å². The lowest BCUT2D eigenvalue weighted by Crippen LogP contribution is -1.93. The van der Waals surface area contributed by atoms with E-state index in [1.165, 1.54) is 73.1 Å². The summed E-state index contributed by atoms with van der Waals surface area (Å²) in [5.74, 6) is -0.767. The fourth-order valence-electron chi connectivity index (χ4n) is 2.66. The van der Waals surface area contributed by atoms with Gasteiger partial charge in [0, 0.05) is 4.88 Å². The van der Waals surface area contributed by atoms with Crippen LogP contribution in [0.3, 0.4) is 0 Å². The van der Waals surface area contributed by atoms with E-state index in [4.69, 9.17) is 5.11 Å². The van der Waals surface area contributed by atoms with Gasteiger partial charge in [-0.1, -0.05) is 38.5 Å². The van der Waals surface area contributed by atoms with Crippen LogP contribution in [0.4, 0.5) is 0 Å². The van der Waals surface area contributed by atoms with Crippen LogP contribution in [0, 0.1) is 0 Å². The van der Waals surface area contributed by atoms with Crippen molar-refractivity contribution in [1.82, 2.24) is 0 Å². The first-order chi connectivity index (χ1) is 8.77. The summed E-state index contributed by atoms with van der Waals surface area (Å²) >= 11 is 1.49. The lowest BCUT2D eigenvalue weighted by Gasteiger charge is -2.07. The Balaban J connectivity index is 2.07. The molecular weight excluding hydrogens is 244 g/mol.